The summed E-state index contributed by atoms with van der Waals surface area (Å²) >= 11 is 0. The maximum absolute atomic E-state index is 4.52. The van der Waals surface area contributed by atoms with Crippen molar-refractivity contribution in [3.63, 3.8) is 0 Å². The Hall–Kier alpha value is -1.90. The fraction of sp³-hybridized carbons (Fsp3) is 0.375. The summed E-state index contributed by atoms with van der Waals surface area (Å²) in [5, 5.41) is 3.00. The summed E-state index contributed by atoms with van der Waals surface area (Å²) in [6, 6.07) is 10.6. The van der Waals surface area contributed by atoms with Crippen LogP contribution in [0.3, 0.4) is 0 Å². The minimum atomic E-state index is 0.662. The van der Waals surface area contributed by atoms with Gasteiger partial charge in [-0.3, -0.25) is 0 Å². The first-order chi connectivity index (χ1) is 9.08. The lowest BCUT2D eigenvalue weighted by atomic mass is 10.00. The van der Waals surface area contributed by atoms with Gasteiger partial charge in [-0.15, -0.1) is 0 Å². The maximum Gasteiger partial charge on any atom is 0.223 e. The van der Waals surface area contributed by atoms with Gasteiger partial charge in [-0.25, -0.2) is 9.97 Å². The summed E-state index contributed by atoms with van der Waals surface area (Å²) in [5.41, 5.74) is 4.46. The molecular formula is C16H21N3. The Kier molecular flexibility index (Phi) is 4.15. The highest BCUT2D eigenvalue weighted by molar-refractivity contribution is 5.61. The summed E-state index contributed by atoms with van der Waals surface area (Å²) in [4.78, 5) is 8.85. The smallest absolute Gasteiger partial charge is 0.223 e. The van der Waals surface area contributed by atoms with E-state index in [4.69, 9.17) is 0 Å². The monoisotopic (exact) mass is 255 g/mol. The molecule has 1 aromatic heterocycles. The average molecular weight is 255 g/mol. The van der Waals surface area contributed by atoms with Crippen LogP contribution in [0.5, 0.6) is 0 Å². The van der Waals surface area contributed by atoms with Crippen LogP contribution in [0.4, 0.5) is 5.95 Å². The van der Waals surface area contributed by atoms with Crippen LogP contribution in [0.25, 0.3) is 11.3 Å². The Morgan fingerprint density at radius 1 is 1.16 bits per heavy atom. The van der Waals surface area contributed by atoms with Gasteiger partial charge in [-0.05, 0) is 37.0 Å². The number of rotatable bonds is 4. The quantitative estimate of drug-likeness (QED) is 0.905. The first-order valence-electron chi connectivity index (χ1n) is 6.71. The van der Waals surface area contributed by atoms with Gasteiger partial charge in [-0.1, -0.05) is 32.0 Å². The van der Waals surface area contributed by atoms with E-state index in [0.29, 0.717) is 11.9 Å². The van der Waals surface area contributed by atoms with Gasteiger partial charge < -0.3 is 5.32 Å². The van der Waals surface area contributed by atoms with Crippen molar-refractivity contribution in [3.8, 4) is 11.3 Å². The summed E-state index contributed by atoms with van der Waals surface area (Å²) in [6.07, 6.45) is 1.09. The fourth-order valence-electron chi connectivity index (χ4n) is 2.16. The van der Waals surface area contributed by atoms with Gasteiger partial charge in [0, 0.05) is 18.3 Å². The second-order valence-corrected chi connectivity index (χ2v) is 5.27. The molecule has 3 nitrogen and oxygen atoms in total. The predicted octanol–water partition coefficient (Wildman–Crippen LogP) is 3.69. The van der Waals surface area contributed by atoms with E-state index in [-0.39, 0.29) is 0 Å². The molecular weight excluding hydrogens is 234 g/mol. The third kappa shape index (κ3) is 3.53. The average Bonchev–Trinajstić information content (AvgIpc) is 2.37. The number of anilines is 1. The van der Waals surface area contributed by atoms with Crippen LogP contribution in [0.15, 0.2) is 30.3 Å². The molecule has 0 radical (unpaired) electrons. The van der Waals surface area contributed by atoms with Gasteiger partial charge in [0.1, 0.15) is 0 Å². The molecule has 2 aromatic rings. The second kappa shape index (κ2) is 5.83. The topological polar surface area (TPSA) is 37.8 Å². The molecule has 3 heteroatoms. The normalized spacial score (nSPS) is 10.8. The van der Waals surface area contributed by atoms with E-state index < -0.39 is 0 Å². The molecule has 0 saturated carbocycles. The SMILES string of the molecule is CNc1nc(C)cc(-c2cccc(CC(C)C)c2)n1. The molecule has 100 valence electrons. The zero-order chi connectivity index (χ0) is 13.8. The number of hydrogen-bond donors (Lipinski definition) is 1. The molecule has 0 atom stereocenters. The van der Waals surface area contributed by atoms with Crippen molar-refractivity contribution in [2.45, 2.75) is 27.2 Å². The summed E-state index contributed by atoms with van der Waals surface area (Å²) in [5.74, 6) is 1.33. The molecule has 0 fully saturated rings. The molecule has 0 amide bonds. The van der Waals surface area contributed by atoms with E-state index in [1.54, 1.807) is 0 Å². The van der Waals surface area contributed by atoms with E-state index >= 15 is 0 Å². The van der Waals surface area contributed by atoms with Crippen molar-refractivity contribution in [1.82, 2.24) is 9.97 Å². The van der Waals surface area contributed by atoms with Crippen LogP contribution in [-0.2, 0) is 6.42 Å². The largest absolute Gasteiger partial charge is 0.357 e. The molecule has 2 rings (SSSR count). The number of hydrogen-bond acceptors (Lipinski definition) is 3. The lowest BCUT2D eigenvalue weighted by Gasteiger charge is -2.09. The van der Waals surface area contributed by atoms with Crippen molar-refractivity contribution < 1.29 is 0 Å². The minimum Gasteiger partial charge on any atom is -0.357 e. The molecule has 0 bridgehead atoms. The van der Waals surface area contributed by atoms with E-state index in [1.165, 1.54) is 5.56 Å². The molecule has 0 unspecified atom stereocenters. The van der Waals surface area contributed by atoms with Crippen molar-refractivity contribution >= 4 is 5.95 Å². The van der Waals surface area contributed by atoms with E-state index in [1.807, 2.05) is 20.0 Å². The number of benzene rings is 1. The first kappa shape index (κ1) is 13.5. The summed E-state index contributed by atoms with van der Waals surface area (Å²) in [7, 11) is 1.84. The van der Waals surface area contributed by atoms with Crippen molar-refractivity contribution in [1.29, 1.82) is 0 Å². The Bertz CT molecular complexity index is 562. The van der Waals surface area contributed by atoms with E-state index in [0.717, 1.165) is 23.4 Å². The Morgan fingerprint density at radius 3 is 2.63 bits per heavy atom. The van der Waals surface area contributed by atoms with Crippen LogP contribution in [0, 0.1) is 12.8 Å². The Balaban J connectivity index is 2.38. The van der Waals surface area contributed by atoms with Gasteiger partial charge >= 0.3 is 0 Å². The highest BCUT2D eigenvalue weighted by Crippen LogP contribution is 2.21. The lowest BCUT2D eigenvalue weighted by Crippen LogP contribution is -2.00. The number of nitrogens with one attached hydrogen (secondary N) is 1. The standard InChI is InChI=1S/C16H21N3/c1-11(2)8-13-6-5-7-14(10-13)15-9-12(3)18-16(17-4)19-15/h5-7,9-11H,8H2,1-4H3,(H,17,18,19). The first-order valence-corrected chi connectivity index (χ1v) is 6.71. The zero-order valence-corrected chi connectivity index (χ0v) is 12.1. The fourth-order valence-corrected chi connectivity index (χ4v) is 2.16. The van der Waals surface area contributed by atoms with Gasteiger partial charge in [0.15, 0.2) is 0 Å². The maximum atomic E-state index is 4.52. The highest BCUT2D eigenvalue weighted by Gasteiger charge is 2.05. The predicted molar refractivity (Wildman–Crippen MR) is 80.3 cm³/mol. The van der Waals surface area contributed by atoms with Gasteiger partial charge in [0.25, 0.3) is 0 Å². The Morgan fingerprint density at radius 2 is 1.95 bits per heavy atom. The van der Waals surface area contributed by atoms with Crippen LogP contribution < -0.4 is 5.32 Å². The molecule has 1 heterocycles. The number of nitrogens with zero attached hydrogens (tertiary/aromatic N) is 2. The second-order valence-electron chi connectivity index (χ2n) is 5.27. The van der Waals surface area contributed by atoms with E-state index in [2.05, 4.69) is 53.4 Å². The molecule has 0 aliphatic carbocycles. The number of aryl methyl sites for hydroxylation is 1. The molecule has 1 N–H and O–H groups in total. The molecule has 0 aliphatic heterocycles. The van der Waals surface area contributed by atoms with Crippen molar-refractivity contribution in [3.05, 3.63) is 41.6 Å². The molecule has 0 aliphatic rings. The van der Waals surface area contributed by atoms with Crippen LogP contribution in [-0.4, -0.2) is 17.0 Å². The zero-order valence-electron chi connectivity index (χ0n) is 12.1. The van der Waals surface area contributed by atoms with Crippen LogP contribution in [0.1, 0.15) is 25.1 Å². The highest BCUT2D eigenvalue weighted by atomic mass is 15.1. The van der Waals surface area contributed by atoms with Crippen LogP contribution >= 0.6 is 0 Å². The third-order valence-electron chi connectivity index (χ3n) is 2.94. The minimum absolute atomic E-state index is 0.662. The van der Waals surface area contributed by atoms with Crippen molar-refractivity contribution in [2.75, 3.05) is 12.4 Å². The van der Waals surface area contributed by atoms with Crippen molar-refractivity contribution in [2.24, 2.45) is 5.92 Å². The van der Waals surface area contributed by atoms with Gasteiger partial charge in [0.05, 0.1) is 5.69 Å². The lowest BCUT2D eigenvalue weighted by molar-refractivity contribution is 0.647. The van der Waals surface area contributed by atoms with Crippen LogP contribution in [0.2, 0.25) is 0 Å². The van der Waals surface area contributed by atoms with Gasteiger partial charge in [-0.2, -0.15) is 0 Å². The third-order valence-corrected chi connectivity index (χ3v) is 2.94. The number of aromatic nitrogens is 2. The molecule has 1 aromatic carbocycles. The van der Waals surface area contributed by atoms with Gasteiger partial charge in [0.2, 0.25) is 5.95 Å². The molecule has 0 spiro atoms. The Labute approximate surface area is 115 Å². The molecule has 0 saturated heterocycles. The summed E-state index contributed by atoms with van der Waals surface area (Å²) < 4.78 is 0. The summed E-state index contributed by atoms with van der Waals surface area (Å²) in [6.45, 7) is 6.46. The van der Waals surface area contributed by atoms with E-state index in [9.17, 15) is 0 Å². The molecule has 19 heavy (non-hydrogen) atoms.